The Kier molecular flexibility index (Phi) is 16.3. The average molecular weight is 411 g/mol. The summed E-state index contributed by atoms with van der Waals surface area (Å²) in [6, 6.07) is 0. The molecule has 0 bridgehead atoms. The molecule has 2 nitrogen and oxygen atoms in total. The van der Waals surface area contributed by atoms with Gasteiger partial charge >= 0.3 is 0 Å². The first-order valence-corrected chi connectivity index (χ1v) is 13.6. The molecule has 0 saturated carbocycles. The van der Waals surface area contributed by atoms with Crippen molar-refractivity contribution in [1.82, 2.24) is 0 Å². The summed E-state index contributed by atoms with van der Waals surface area (Å²) >= 11 is 0. The van der Waals surface area contributed by atoms with Crippen LogP contribution in [0.4, 0.5) is 0 Å². The summed E-state index contributed by atoms with van der Waals surface area (Å²) in [4.78, 5) is 12.0. The molecule has 174 valence electrons. The molecular formula is C27H54O2. The van der Waals surface area contributed by atoms with Crippen LogP contribution in [0.2, 0.25) is 0 Å². The van der Waals surface area contributed by atoms with E-state index in [1.165, 1.54) is 128 Å². The Morgan fingerprint density at radius 1 is 0.552 bits per heavy atom. The van der Waals surface area contributed by atoms with E-state index in [4.69, 9.17) is 9.78 Å². The van der Waals surface area contributed by atoms with Crippen LogP contribution in [0.3, 0.4) is 0 Å². The summed E-state index contributed by atoms with van der Waals surface area (Å²) in [6.45, 7) is 9.22. The lowest BCUT2D eigenvalue weighted by Gasteiger charge is -2.51. The highest BCUT2D eigenvalue weighted by molar-refractivity contribution is 4.96. The smallest absolute Gasteiger partial charge is 0.133 e. The van der Waals surface area contributed by atoms with Crippen LogP contribution < -0.4 is 0 Å². The quantitative estimate of drug-likeness (QED) is 0.138. The molecule has 29 heavy (non-hydrogen) atoms. The van der Waals surface area contributed by atoms with E-state index in [0.717, 1.165) is 0 Å². The topological polar surface area (TPSA) is 18.5 Å². The summed E-state index contributed by atoms with van der Waals surface area (Å²) in [6.07, 6.45) is 27.0. The molecule has 1 atom stereocenters. The normalized spacial score (nSPS) is 18.3. The Hall–Kier alpha value is -0.0800. The van der Waals surface area contributed by atoms with Crippen LogP contribution in [-0.2, 0) is 9.78 Å². The first kappa shape index (κ1) is 27.0. The van der Waals surface area contributed by atoms with Gasteiger partial charge in [0.1, 0.15) is 11.7 Å². The van der Waals surface area contributed by atoms with Crippen LogP contribution in [0.15, 0.2) is 0 Å². The molecule has 1 rings (SSSR count). The molecule has 0 aliphatic carbocycles. The van der Waals surface area contributed by atoms with Crippen molar-refractivity contribution >= 4 is 0 Å². The third-order valence-corrected chi connectivity index (χ3v) is 7.03. The van der Waals surface area contributed by atoms with Crippen molar-refractivity contribution in [2.24, 2.45) is 5.92 Å². The van der Waals surface area contributed by atoms with E-state index in [1.807, 2.05) is 0 Å². The van der Waals surface area contributed by atoms with Gasteiger partial charge in [-0.1, -0.05) is 130 Å². The number of rotatable bonds is 21. The number of hydrogen-bond donors (Lipinski definition) is 0. The third-order valence-electron chi connectivity index (χ3n) is 7.03. The molecule has 0 N–H and O–H groups in total. The molecule has 1 aliphatic rings. The Morgan fingerprint density at radius 3 is 1.31 bits per heavy atom. The first-order valence-electron chi connectivity index (χ1n) is 13.6. The number of unbranched alkanes of at least 4 members (excludes halogenated alkanes) is 12. The predicted octanol–water partition coefficient (Wildman–Crippen LogP) is 9.55. The van der Waals surface area contributed by atoms with Gasteiger partial charge in [-0.3, -0.25) is 0 Å². The second kappa shape index (κ2) is 17.6. The maximum absolute atomic E-state index is 6.03. The minimum atomic E-state index is 0.0294. The van der Waals surface area contributed by atoms with Crippen LogP contribution >= 0.6 is 0 Å². The van der Waals surface area contributed by atoms with Crippen LogP contribution in [-0.4, -0.2) is 11.7 Å². The van der Waals surface area contributed by atoms with E-state index in [-0.39, 0.29) is 5.60 Å². The van der Waals surface area contributed by atoms with Gasteiger partial charge in [-0.2, -0.15) is 0 Å². The molecule has 1 unspecified atom stereocenters. The molecule has 0 aromatic rings. The van der Waals surface area contributed by atoms with Gasteiger partial charge in [0.05, 0.1) is 0 Å². The van der Waals surface area contributed by atoms with Gasteiger partial charge in [0.15, 0.2) is 0 Å². The van der Waals surface area contributed by atoms with Crippen molar-refractivity contribution in [3.8, 4) is 0 Å². The van der Waals surface area contributed by atoms with Crippen molar-refractivity contribution in [3.05, 3.63) is 0 Å². The first-order chi connectivity index (χ1) is 14.2. The maximum atomic E-state index is 6.03. The summed E-state index contributed by atoms with van der Waals surface area (Å²) in [5, 5.41) is 0. The molecule has 1 heterocycles. The van der Waals surface area contributed by atoms with E-state index in [9.17, 15) is 0 Å². The van der Waals surface area contributed by atoms with Crippen molar-refractivity contribution in [2.75, 3.05) is 0 Å². The largest absolute Gasteiger partial charge is 0.229 e. The van der Waals surface area contributed by atoms with Crippen LogP contribution in [0, 0.1) is 5.92 Å². The van der Waals surface area contributed by atoms with Crippen molar-refractivity contribution in [3.63, 3.8) is 0 Å². The van der Waals surface area contributed by atoms with E-state index in [2.05, 4.69) is 27.7 Å². The Morgan fingerprint density at radius 2 is 0.966 bits per heavy atom. The standard InChI is InChI=1S/C27H54O2/c1-5-9-13-17-21-25(22-18-14-10-6-2)26-27(29-28-26,23-19-15-11-7-3)24-20-16-12-8-4/h25-26H,5-24H2,1-4H3. The van der Waals surface area contributed by atoms with E-state index in [1.54, 1.807) is 0 Å². The second-order valence-electron chi connectivity index (χ2n) is 9.75. The van der Waals surface area contributed by atoms with E-state index < -0.39 is 0 Å². The molecular weight excluding hydrogens is 356 g/mol. The minimum Gasteiger partial charge on any atom is -0.229 e. The monoisotopic (exact) mass is 410 g/mol. The summed E-state index contributed by atoms with van der Waals surface area (Å²) in [5.41, 5.74) is 0.0294. The highest BCUT2D eigenvalue weighted by Crippen LogP contribution is 2.46. The molecule has 1 saturated heterocycles. The van der Waals surface area contributed by atoms with Gasteiger partial charge in [-0.15, -0.1) is 0 Å². The lowest BCUT2D eigenvalue weighted by atomic mass is 9.75. The Balaban J connectivity index is 2.68. The average Bonchev–Trinajstić information content (AvgIpc) is 2.72. The fourth-order valence-electron chi connectivity index (χ4n) is 5.06. The highest BCUT2D eigenvalue weighted by Gasteiger charge is 2.53. The van der Waals surface area contributed by atoms with Crippen LogP contribution in [0.1, 0.15) is 156 Å². The zero-order valence-electron chi connectivity index (χ0n) is 20.6. The predicted molar refractivity (Wildman–Crippen MR) is 127 cm³/mol. The lowest BCUT2D eigenvalue weighted by Crippen LogP contribution is -2.59. The second-order valence-corrected chi connectivity index (χ2v) is 9.75. The van der Waals surface area contributed by atoms with Crippen molar-refractivity contribution < 1.29 is 9.78 Å². The fraction of sp³-hybridized carbons (Fsp3) is 1.00. The fourth-order valence-corrected chi connectivity index (χ4v) is 5.06. The highest BCUT2D eigenvalue weighted by atomic mass is 17.3. The SMILES string of the molecule is CCCCCCC(CCCCCC)C1OOC1(CCCCCC)CCCCCC. The van der Waals surface area contributed by atoms with Gasteiger partial charge < -0.3 is 0 Å². The van der Waals surface area contributed by atoms with Gasteiger partial charge in [0.25, 0.3) is 0 Å². The summed E-state index contributed by atoms with van der Waals surface area (Å²) < 4.78 is 0. The zero-order chi connectivity index (χ0) is 21.2. The summed E-state index contributed by atoms with van der Waals surface area (Å²) in [5.74, 6) is 0.704. The number of hydrogen-bond acceptors (Lipinski definition) is 2. The van der Waals surface area contributed by atoms with Crippen LogP contribution in [0.25, 0.3) is 0 Å². The van der Waals surface area contributed by atoms with E-state index >= 15 is 0 Å². The molecule has 0 spiro atoms. The minimum absolute atomic E-state index is 0.0294. The molecule has 1 fully saturated rings. The summed E-state index contributed by atoms with van der Waals surface area (Å²) in [7, 11) is 0. The third kappa shape index (κ3) is 10.7. The zero-order valence-corrected chi connectivity index (χ0v) is 20.6. The van der Waals surface area contributed by atoms with Crippen LogP contribution in [0.5, 0.6) is 0 Å². The van der Waals surface area contributed by atoms with Gasteiger partial charge in [-0.25, -0.2) is 9.78 Å². The van der Waals surface area contributed by atoms with Gasteiger partial charge in [0.2, 0.25) is 0 Å². The van der Waals surface area contributed by atoms with Gasteiger partial charge in [-0.05, 0) is 31.6 Å². The molecule has 0 aromatic carbocycles. The van der Waals surface area contributed by atoms with E-state index in [0.29, 0.717) is 12.0 Å². The molecule has 0 amide bonds. The lowest BCUT2D eigenvalue weighted by molar-refractivity contribution is -0.522. The maximum Gasteiger partial charge on any atom is 0.133 e. The molecule has 0 radical (unpaired) electrons. The Labute approximate surface area is 183 Å². The van der Waals surface area contributed by atoms with Crippen molar-refractivity contribution in [1.29, 1.82) is 0 Å². The van der Waals surface area contributed by atoms with Gasteiger partial charge in [0, 0.05) is 0 Å². The molecule has 2 heteroatoms. The Bertz CT molecular complexity index is 330. The molecule has 1 aliphatic heterocycles. The van der Waals surface area contributed by atoms with Crippen molar-refractivity contribution in [2.45, 2.75) is 168 Å². The molecule has 0 aromatic heterocycles.